The first-order valence-electron chi connectivity index (χ1n) is 7.31. The Labute approximate surface area is 134 Å². The van der Waals surface area contributed by atoms with Crippen LogP contribution in [0.1, 0.15) is 19.8 Å². The zero-order valence-electron chi connectivity index (χ0n) is 12.6. The standard InChI is InChI=1S/C16H19ClN4O/c1-9(10-3-4-10)21-16-14(18)15(19-8-20-16)12-6-5-11(22-2)7-13(12)17/h5-10H,3-4,18H2,1-2H3,(H,19,20,21). The summed E-state index contributed by atoms with van der Waals surface area (Å²) in [7, 11) is 1.60. The molecule has 1 aromatic heterocycles. The fourth-order valence-electron chi connectivity index (χ4n) is 2.47. The van der Waals surface area contributed by atoms with Gasteiger partial charge in [0.1, 0.15) is 23.5 Å². The first kappa shape index (κ1) is 14.9. The average molecular weight is 319 g/mol. The smallest absolute Gasteiger partial charge is 0.153 e. The number of halogens is 1. The Morgan fingerprint density at radius 2 is 2.14 bits per heavy atom. The van der Waals surface area contributed by atoms with Crippen molar-refractivity contribution < 1.29 is 4.74 Å². The molecule has 0 aliphatic heterocycles. The molecule has 0 bridgehead atoms. The second-order valence-corrected chi connectivity index (χ2v) is 6.01. The van der Waals surface area contributed by atoms with E-state index in [1.807, 2.05) is 12.1 Å². The lowest BCUT2D eigenvalue weighted by Gasteiger charge is -2.16. The van der Waals surface area contributed by atoms with Gasteiger partial charge in [-0.25, -0.2) is 9.97 Å². The third kappa shape index (κ3) is 2.95. The van der Waals surface area contributed by atoms with E-state index in [2.05, 4.69) is 22.2 Å². The van der Waals surface area contributed by atoms with E-state index in [1.165, 1.54) is 19.2 Å². The molecule has 2 aromatic rings. The van der Waals surface area contributed by atoms with Gasteiger partial charge >= 0.3 is 0 Å². The van der Waals surface area contributed by atoms with Crippen LogP contribution in [0.5, 0.6) is 5.75 Å². The average Bonchev–Trinajstić information content (AvgIpc) is 3.34. The van der Waals surface area contributed by atoms with Crippen molar-refractivity contribution in [1.82, 2.24) is 9.97 Å². The minimum atomic E-state index is 0.358. The third-order valence-electron chi connectivity index (χ3n) is 4.01. The molecule has 6 heteroatoms. The van der Waals surface area contributed by atoms with Crippen LogP contribution in [0.2, 0.25) is 5.02 Å². The van der Waals surface area contributed by atoms with Gasteiger partial charge in [-0.05, 0) is 43.9 Å². The van der Waals surface area contributed by atoms with E-state index in [0.29, 0.717) is 39.9 Å². The molecule has 1 aliphatic carbocycles. The van der Waals surface area contributed by atoms with Crippen LogP contribution in [0.4, 0.5) is 11.5 Å². The number of nitrogens with two attached hydrogens (primary N) is 1. The van der Waals surface area contributed by atoms with Gasteiger partial charge in [-0.2, -0.15) is 0 Å². The summed E-state index contributed by atoms with van der Waals surface area (Å²) in [5.74, 6) is 2.07. The molecule has 1 saturated carbocycles. The SMILES string of the molecule is COc1ccc(-c2ncnc(NC(C)C3CC3)c2N)c(Cl)c1. The molecule has 1 aromatic carbocycles. The Morgan fingerprint density at radius 3 is 2.77 bits per heavy atom. The largest absolute Gasteiger partial charge is 0.497 e. The number of rotatable bonds is 5. The summed E-state index contributed by atoms with van der Waals surface area (Å²) in [6, 6.07) is 5.80. The molecule has 1 atom stereocenters. The number of hydrogen-bond donors (Lipinski definition) is 2. The summed E-state index contributed by atoms with van der Waals surface area (Å²) < 4.78 is 5.16. The van der Waals surface area contributed by atoms with Crippen molar-refractivity contribution in [2.24, 2.45) is 5.92 Å². The lowest BCUT2D eigenvalue weighted by atomic mass is 10.1. The van der Waals surface area contributed by atoms with Gasteiger partial charge < -0.3 is 15.8 Å². The van der Waals surface area contributed by atoms with Crippen molar-refractivity contribution in [3.8, 4) is 17.0 Å². The zero-order chi connectivity index (χ0) is 15.7. The summed E-state index contributed by atoms with van der Waals surface area (Å²) >= 11 is 6.32. The van der Waals surface area contributed by atoms with Gasteiger partial charge in [0.25, 0.3) is 0 Å². The number of methoxy groups -OCH3 is 1. The molecule has 1 fully saturated rings. The summed E-state index contributed by atoms with van der Waals surface area (Å²) in [6.07, 6.45) is 4.03. The maximum absolute atomic E-state index is 6.32. The Hall–Kier alpha value is -2.01. The second-order valence-electron chi connectivity index (χ2n) is 5.60. The van der Waals surface area contributed by atoms with Crippen LogP contribution in [0.3, 0.4) is 0 Å². The molecule has 0 spiro atoms. The lowest BCUT2D eigenvalue weighted by Crippen LogP contribution is -2.19. The monoisotopic (exact) mass is 318 g/mol. The zero-order valence-corrected chi connectivity index (χ0v) is 13.4. The van der Waals surface area contributed by atoms with Crippen LogP contribution in [0.15, 0.2) is 24.5 Å². The maximum Gasteiger partial charge on any atom is 0.153 e. The van der Waals surface area contributed by atoms with Gasteiger partial charge in [-0.3, -0.25) is 0 Å². The first-order valence-corrected chi connectivity index (χ1v) is 7.69. The summed E-state index contributed by atoms with van der Waals surface area (Å²) in [5, 5.41) is 3.93. The molecule has 3 N–H and O–H groups in total. The molecule has 3 rings (SSSR count). The van der Waals surface area contributed by atoms with Crippen LogP contribution < -0.4 is 15.8 Å². The van der Waals surface area contributed by atoms with Crippen molar-refractivity contribution in [2.45, 2.75) is 25.8 Å². The predicted octanol–water partition coefficient (Wildman–Crippen LogP) is 3.60. The quantitative estimate of drug-likeness (QED) is 0.881. The number of nitrogens with zero attached hydrogens (tertiary/aromatic N) is 2. The molecule has 0 radical (unpaired) electrons. The Bertz CT molecular complexity index is 688. The molecular weight excluding hydrogens is 300 g/mol. The van der Waals surface area contributed by atoms with E-state index in [1.54, 1.807) is 13.2 Å². The normalized spacial score (nSPS) is 15.4. The predicted molar refractivity (Wildman–Crippen MR) is 89.3 cm³/mol. The molecule has 0 saturated heterocycles. The second kappa shape index (κ2) is 6.01. The van der Waals surface area contributed by atoms with Crippen LogP contribution in [0, 0.1) is 5.92 Å². The van der Waals surface area contributed by atoms with E-state index < -0.39 is 0 Å². The highest BCUT2D eigenvalue weighted by Gasteiger charge is 2.28. The Balaban J connectivity index is 1.93. The van der Waals surface area contributed by atoms with E-state index in [-0.39, 0.29) is 0 Å². The maximum atomic E-state index is 6.32. The lowest BCUT2D eigenvalue weighted by molar-refractivity contribution is 0.415. The van der Waals surface area contributed by atoms with E-state index in [9.17, 15) is 0 Å². The first-order chi connectivity index (χ1) is 10.6. The van der Waals surface area contributed by atoms with Gasteiger partial charge in [0, 0.05) is 11.6 Å². The summed E-state index contributed by atoms with van der Waals surface area (Å²) in [5.41, 5.74) is 8.16. The van der Waals surface area contributed by atoms with E-state index in [0.717, 1.165) is 5.56 Å². The Kier molecular flexibility index (Phi) is 4.07. The molecule has 5 nitrogen and oxygen atoms in total. The number of benzene rings is 1. The summed E-state index contributed by atoms with van der Waals surface area (Å²) in [4.78, 5) is 8.55. The van der Waals surface area contributed by atoms with Crippen molar-refractivity contribution in [3.05, 3.63) is 29.5 Å². The molecule has 22 heavy (non-hydrogen) atoms. The van der Waals surface area contributed by atoms with Crippen LogP contribution >= 0.6 is 11.6 Å². The molecular formula is C16H19ClN4O. The fraction of sp³-hybridized carbons (Fsp3) is 0.375. The molecule has 1 aliphatic rings. The van der Waals surface area contributed by atoms with Gasteiger partial charge in [0.15, 0.2) is 5.82 Å². The van der Waals surface area contributed by atoms with Crippen molar-refractivity contribution in [2.75, 3.05) is 18.2 Å². The highest BCUT2D eigenvalue weighted by atomic mass is 35.5. The minimum absolute atomic E-state index is 0.358. The number of nitrogen functional groups attached to an aromatic ring is 1. The third-order valence-corrected chi connectivity index (χ3v) is 4.32. The summed E-state index contributed by atoms with van der Waals surface area (Å²) in [6.45, 7) is 2.15. The fourth-order valence-corrected chi connectivity index (χ4v) is 2.73. The highest BCUT2D eigenvalue weighted by molar-refractivity contribution is 6.33. The van der Waals surface area contributed by atoms with E-state index in [4.69, 9.17) is 22.1 Å². The van der Waals surface area contributed by atoms with Crippen LogP contribution in [0.25, 0.3) is 11.3 Å². The molecule has 0 amide bonds. The van der Waals surface area contributed by atoms with Crippen molar-refractivity contribution in [3.63, 3.8) is 0 Å². The highest BCUT2D eigenvalue weighted by Crippen LogP contribution is 2.37. The van der Waals surface area contributed by atoms with Crippen molar-refractivity contribution in [1.29, 1.82) is 0 Å². The number of hydrogen-bond acceptors (Lipinski definition) is 5. The van der Waals surface area contributed by atoms with Gasteiger partial charge in [-0.1, -0.05) is 11.6 Å². The number of aromatic nitrogens is 2. The molecule has 1 heterocycles. The topological polar surface area (TPSA) is 73.1 Å². The Morgan fingerprint density at radius 1 is 1.36 bits per heavy atom. The number of anilines is 2. The van der Waals surface area contributed by atoms with Gasteiger partial charge in [0.2, 0.25) is 0 Å². The number of nitrogens with one attached hydrogen (secondary N) is 1. The van der Waals surface area contributed by atoms with Crippen molar-refractivity contribution >= 4 is 23.1 Å². The van der Waals surface area contributed by atoms with Gasteiger partial charge in [0.05, 0.1) is 12.1 Å². The van der Waals surface area contributed by atoms with Gasteiger partial charge in [-0.15, -0.1) is 0 Å². The van der Waals surface area contributed by atoms with Crippen LogP contribution in [-0.4, -0.2) is 23.1 Å². The molecule has 1 unspecified atom stereocenters. The molecule has 116 valence electrons. The van der Waals surface area contributed by atoms with E-state index >= 15 is 0 Å². The minimum Gasteiger partial charge on any atom is -0.497 e. The number of ether oxygens (including phenoxy) is 1. The van der Waals surface area contributed by atoms with Crippen LogP contribution in [-0.2, 0) is 0 Å².